The number of pyridine rings is 2. The molecule has 46 heavy (non-hydrogen) atoms. The van der Waals surface area contributed by atoms with E-state index in [2.05, 4.69) is 17.2 Å². The van der Waals surface area contributed by atoms with Crippen LogP contribution in [0.15, 0.2) is 104 Å². The summed E-state index contributed by atoms with van der Waals surface area (Å²) in [7, 11) is -3.23. The second-order valence-corrected chi connectivity index (χ2v) is 10.5. The number of amides is 2. The predicted octanol–water partition coefficient (Wildman–Crippen LogP) is -6.80. The Labute approximate surface area is 290 Å². The van der Waals surface area contributed by atoms with Crippen LogP contribution < -0.4 is 64.7 Å². The lowest BCUT2D eigenvalue weighted by Gasteiger charge is -2.10. The van der Waals surface area contributed by atoms with Gasteiger partial charge in [0.05, 0.1) is 11.1 Å². The first-order valence-corrected chi connectivity index (χ1v) is 14.3. The van der Waals surface area contributed by atoms with Crippen molar-refractivity contribution in [3.63, 3.8) is 0 Å². The average Bonchev–Trinajstić information content (AvgIpc) is 3.01. The van der Waals surface area contributed by atoms with Gasteiger partial charge >= 0.3 is 14.2 Å². The molecule has 0 aliphatic carbocycles. The normalized spacial score (nSPS) is 10.2. The molecular formula is C32H36B2Br2N4O6. The van der Waals surface area contributed by atoms with E-state index in [9.17, 15) is 29.7 Å². The molecule has 0 saturated heterocycles. The van der Waals surface area contributed by atoms with Crippen molar-refractivity contribution < 1.29 is 72.8 Å². The summed E-state index contributed by atoms with van der Waals surface area (Å²) in [6.45, 7) is 6.66. The minimum absolute atomic E-state index is 0. The number of hydrogen-bond acceptors (Lipinski definition) is 6. The summed E-state index contributed by atoms with van der Waals surface area (Å²) in [4.78, 5) is 25.0. The van der Waals surface area contributed by atoms with Crippen LogP contribution in [0.3, 0.4) is 0 Å². The van der Waals surface area contributed by atoms with Gasteiger partial charge in [0.1, 0.15) is 5.56 Å². The third kappa shape index (κ3) is 10.7. The fourth-order valence-corrected chi connectivity index (χ4v) is 4.80. The molecule has 4 aromatic rings. The maximum atomic E-state index is 13.3. The number of aromatic nitrogens is 2. The quantitative estimate of drug-likeness (QED) is 0.0347. The number of halogens is 2. The molecule has 0 spiro atoms. The molecular weight excluding hydrogens is 718 g/mol. The van der Waals surface area contributed by atoms with Gasteiger partial charge in [-0.3, -0.25) is 9.59 Å². The van der Waals surface area contributed by atoms with Crippen molar-refractivity contribution in [2.75, 3.05) is 13.1 Å². The standard InChI is InChI=1S/C32H34B2N4O6.2BrH/c1-23(2)31(39)35-14-8-15-36-32(40)28-17-27(21-38(22-28)20-26-10-4-6-13-30(26)34(43)44)24-11-7-16-37(18-24)19-25-9-3-5-12-29(25)33(41)42;;/h3-7,9-13,16-18,21-22,41-44H,1,8,14-15,19-20H2,2H3;2*1H. The van der Waals surface area contributed by atoms with Crippen LogP contribution >= 0.6 is 0 Å². The molecule has 0 fully saturated rings. The highest BCUT2D eigenvalue weighted by Gasteiger charge is 2.22. The van der Waals surface area contributed by atoms with E-state index < -0.39 is 14.2 Å². The van der Waals surface area contributed by atoms with Crippen molar-refractivity contribution in [2.45, 2.75) is 26.4 Å². The highest BCUT2D eigenvalue weighted by atomic mass is 79.9. The Kier molecular flexibility index (Phi) is 15.5. The maximum Gasteiger partial charge on any atom is 0.488 e. The van der Waals surface area contributed by atoms with Crippen LogP contribution in [-0.2, 0) is 17.9 Å². The van der Waals surface area contributed by atoms with Gasteiger partial charge in [0.15, 0.2) is 37.9 Å². The molecule has 0 atom stereocenters. The molecule has 240 valence electrons. The van der Waals surface area contributed by atoms with E-state index >= 15 is 0 Å². The summed E-state index contributed by atoms with van der Waals surface area (Å²) in [5.41, 5.74) is 4.62. The third-order valence-electron chi connectivity index (χ3n) is 7.06. The summed E-state index contributed by atoms with van der Waals surface area (Å²) in [5.74, 6) is -0.522. The van der Waals surface area contributed by atoms with E-state index in [-0.39, 0.29) is 52.3 Å². The van der Waals surface area contributed by atoms with Gasteiger partial charge in [0.25, 0.3) is 5.91 Å². The summed E-state index contributed by atoms with van der Waals surface area (Å²) in [6, 6.07) is 19.7. The molecule has 2 amide bonds. The van der Waals surface area contributed by atoms with Crippen LogP contribution in [0.5, 0.6) is 0 Å². The maximum absolute atomic E-state index is 13.3. The van der Waals surface area contributed by atoms with Crippen molar-refractivity contribution in [3.05, 3.63) is 120 Å². The number of rotatable bonds is 13. The Balaban J connectivity index is 0.00000368. The molecule has 14 heteroatoms. The monoisotopic (exact) mass is 752 g/mol. The highest BCUT2D eigenvalue weighted by Crippen LogP contribution is 2.18. The van der Waals surface area contributed by atoms with Crippen LogP contribution in [0.4, 0.5) is 0 Å². The molecule has 0 aliphatic heterocycles. The van der Waals surface area contributed by atoms with Crippen LogP contribution in [0, 0.1) is 0 Å². The van der Waals surface area contributed by atoms with E-state index in [1.807, 2.05) is 58.1 Å². The number of carbonyl (C=O) groups is 2. The van der Waals surface area contributed by atoms with Crippen molar-refractivity contribution >= 4 is 37.0 Å². The molecule has 0 aliphatic rings. The Hall–Kier alpha value is -3.65. The fourth-order valence-electron chi connectivity index (χ4n) is 4.80. The topological polar surface area (TPSA) is 147 Å². The fraction of sp³-hybridized carbons (Fsp3) is 0.188. The molecule has 2 aromatic carbocycles. The van der Waals surface area contributed by atoms with Crippen molar-refractivity contribution in [3.8, 4) is 11.1 Å². The van der Waals surface area contributed by atoms with E-state index in [4.69, 9.17) is 0 Å². The molecule has 0 bridgehead atoms. The first-order valence-electron chi connectivity index (χ1n) is 14.3. The molecule has 2 aromatic heterocycles. The third-order valence-corrected chi connectivity index (χ3v) is 7.06. The molecule has 0 unspecified atom stereocenters. The highest BCUT2D eigenvalue weighted by molar-refractivity contribution is 6.59. The Morgan fingerprint density at radius 3 is 1.87 bits per heavy atom. The number of benzene rings is 2. The molecule has 6 N–H and O–H groups in total. The van der Waals surface area contributed by atoms with Crippen LogP contribution in [0.25, 0.3) is 11.1 Å². The number of nitrogens with zero attached hydrogens (tertiary/aromatic N) is 2. The zero-order valence-corrected chi connectivity index (χ0v) is 28.5. The summed E-state index contributed by atoms with van der Waals surface area (Å²) in [6.07, 6.45) is 7.92. The van der Waals surface area contributed by atoms with Crippen molar-refractivity contribution in [1.82, 2.24) is 10.6 Å². The summed E-state index contributed by atoms with van der Waals surface area (Å²) in [5, 5.41) is 45.0. The van der Waals surface area contributed by atoms with E-state index in [0.29, 0.717) is 53.7 Å². The largest absolute Gasteiger partial charge is 1.00 e. The van der Waals surface area contributed by atoms with Crippen LogP contribution in [0.1, 0.15) is 34.8 Å². The van der Waals surface area contributed by atoms with Gasteiger partial charge in [-0.2, -0.15) is 4.57 Å². The SMILES string of the molecule is C=C(C)C(=O)NCCCNC(=O)c1cc(-c2ccc[n+](Cc3ccccc3B(O)O)c2)c[n+](Cc2ccccc2B(O)O)c1.[Br-].[Br-]. The lowest BCUT2D eigenvalue weighted by Crippen LogP contribution is -3.00. The number of hydrogen-bond donors (Lipinski definition) is 6. The Bertz CT molecular complexity index is 1660. The average molecular weight is 754 g/mol. The molecule has 0 radical (unpaired) electrons. The lowest BCUT2D eigenvalue weighted by atomic mass is 9.77. The van der Waals surface area contributed by atoms with Gasteiger partial charge in [-0.25, -0.2) is 4.57 Å². The van der Waals surface area contributed by atoms with Gasteiger partial charge in [0.2, 0.25) is 5.91 Å². The first-order chi connectivity index (χ1) is 21.1. The summed E-state index contributed by atoms with van der Waals surface area (Å²) < 4.78 is 3.75. The minimum atomic E-state index is -1.64. The van der Waals surface area contributed by atoms with Gasteiger partial charge in [0, 0.05) is 35.9 Å². The molecule has 10 nitrogen and oxygen atoms in total. The molecule has 0 saturated carbocycles. The Morgan fingerprint density at radius 1 is 0.739 bits per heavy atom. The lowest BCUT2D eigenvalue weighted by molar-refractivity contribution is -0.689. The zero-order chi connectivity index (χ0) is 31.6. The van der Waals surface area contributed by atoms with E-state index in [1.165, 1.54) is 0 Å². The number of carbonyl (C=O) groups excluding carboxylic acids is 2. The second kappa shape index (κ2) is 18.5. The van der Waals surface area contributed by atoms with Crippen molar-refractivity contribution in [2.24, 2.45) is 0 Å². The van der Waals surface area contributed by atoms with E-state index in [1.54, 1.807) is 49.5 Å². The molecule has 4 rings (SSSR count). The van der Waals surface area contributed by atoms with Gasteiger partial charge < -0.3 is 64.7 Å². The number of nitrogens with one attached hydrogen (secondary N) is 2. The predicted molar refractivity (Wildman–Crippen MR) is 168 cm³/mol. The smallest absolute Gasteiger partial charge is 0.488 e. The Morgan fingerprint density at radius 2 is 1.28 bits per heavy atom. The van der Waals surface area contributed by atoms with Crippen LogP contribution in [-0.4, -0.2) is 59.2 Å². The molecule has 2 heterocycles. The first kappa shape index (κ1) is 38.5. The van der Waals surface area contributed by atoms with Gasteiger partial charge in [-0.1, -0.05) is 55.1 Å². The second-order valence-electron chi connectivity index (χ2n) is 10.5. The van der Waals surface area contributed by atoms with Gasteiger partial charge in [-0.05, 0) is 36.4 Å². The zero-order valence-electron chi connectivity index (χ0n) is 25.3. The van der Waals surface area contributed by atoms with E-state index in [0.717, 1.165) is 16.7 Å². The van der Waals surface area contributed by atoms with Crippen molar-refractivity contribution in [1.29, 1.82) is 0 Å². The van der Waals surface area contributed by atoms with Gasteiger partial charge in [-0.15, -0.1) is 0 Å². The minimum Gasteiger partial charge on any atom is -1.00 e. The van der Waals surface area contributed by atoms with Crippen LogP contribution in [0.2, 0.25) is 0 Å². The summed E-state index contributed by atoms with van der Waals surface area (Å²) >= 11 is 0.